The van der Waals surface area contributed by atoms with E-state index in [4.69, 9.17) is 10.2 Å². The van der Waals surface area contributed by atoms with Crippen molar-refractivity contribution in [3.05, 3.63) is 0 Å². The molecule has 0 saturated carbocycles. The third-order valence-corrected chi connectivity index (χ3v) is 4.16. The molecule has 0 bridgehead atoms. The quantitative estimate of drug-likeness (QED) is 0.497. The van der Waals surface area contributed by atoms with E-state index < -0.39 is 12.0 Å². The Kier molecular flexibility index (Phi) is 7.07. The molecule has 4 N–H and O–H groups in total. The van der Waals surface area contributed by atoms with Crippen molar-refractivity contribution >= 4 is 23.6 Å². The summed E-state index contributed by atoms with van der Waals surface area (Å²) in [6, 6.07) is -0.990. The largest absolute Gasteiger partial charge is 0.480 e. The van der Waals surface area contributed by atoms with Crippen LogP contribution in [-0.2, 0) is 9.59 Å². The van der Waals surface area contributed by atoms with E-state index in [1.165, 1.54) is 0 Å². The van der Waals surface area contributed by atoms with E-state index in [1.54, 1.807) is 11.8 Å². The van der Waals surface area contributed by atoms with Gasteiger partial charge in [0.1, 0.15) is 6.04 Å². The Morgan fingerprint density at radius 3 is 2.61 bits per heavy atom. The van der Waals surface area contributed by atoms with Gasteiger partial charge in [0.2, 0.25) is 5.91 Å². The van der Waals surface area contributed by atoms with Gasteiger partial charge < -0.3 is 20.8 Å². The number of carboxylic acid groups (broad SMARTS) is 1. The van der Waals surface area contributed by atoms with Crippen LogP contribution in [0.4, 0.5) is 0 Å². The molecule has 0 aromatic carbocycles. The van der Waals surface area contributed by atoms with Crippen molar-refractivity contribution in [3.63, 3.8) is 0 Å². The summed E-state index contributed by atoms with van der Waals surface area (Å²) in [5.74, 6) is -1.11. The third kappa shape index (κ3) is 5.70. The zero-order valence-corrected chi connectivity index (χ0v) is 11.0. The number of nitrogens with one attached hydrogen (secondary N) is 2. The maximum absolute atomic E-state index is 11.6. The van der Waals surface area contributed by atoms with E-state index in [0.29, 0.717) is 5.25 Å². The molecule has 0 aromatic rings. The molecule has 1 fully saturated rings. The topological polar surface area (TPSA) is 98.7 Å². The fourth-order valence-corrected chi connectivity index (χ4v) is 2.82. The highest BCUT2D eigenvalue weighted by molar-refractivity contribution is 8.00. The highest BCUT2D eigenvalue weighted by Gasteiger charge is 2.20. The van der Waals surface area contributed by atoms with Crippen molar-refractivity contribution in [2.24, 2.45) is 0 Å². The minimum absolute atomic E-state index is 0.0408. The first kappa shape index (κ1) is 15.3. The summed E-state index contributed by atoms with van der Waals surface area (Å²) >= 11 is 1.57. The van der Waals surface area contributed by atoms with E-state index >= 15 is 0 Å². The number of hydrogen-bond acceptors (Lipinski definition) is 5. The molecule has 1 heterocycles. The molecular weight excluding hydrogens is 256 g/mol. The molecule has 104 valence electrons. The highest BCUT2D eigenvalue weighted by atomic mass is 32.2. The summed E-state index contributed by atoms with van der Waals surface area (Å²) in [5.41, 5.74) is 0. The lowest BCUT2D eigenvalue weighted by atomic mass is 10.2. The Morgan fingerprint density at radius 2 is 2.06 bits per heavy atom. The summed E-state index contributed by atoms with van der Waals surface area (Å²) in [5, 5.41) is 23.7. The molecule has 0 radical (unpaired) electrons. The SMILES string of the molecule is O=C(CSC1CCNCC1)N[C@@H](CCO)C(=O)O. The molecule has 1 amide bonds. The van der Waals surface area contributed by atoms with Crippen molar-refractivity contribution < 1.29 is 19.8 Å². The van der Waals surface area contributed by atoms with Gasteiger partial charge in [-0.2, -0.15) is 0 Å². The molecule has 18 heavy (non-hydrogen) atoms. The molecule has 1 saturated heterocycles. The average molecular weight is 276 g/mol. The smallest absolute Gasteiger partial charge is 0.326 e. The van der Waals surface area contributed by atoms with Crippen LogP contribution in [0.1, 0.15) is 19.3 Å². The molecule has 1 aliphatic heterocycles. The van der Waals surface area contributed by atoms with Gasteiger partial charge in [0.25, 0.3) is 0 Å². The number of aliphatic hydroxyl groups is 1. The standard InChI is InChI=1S/C11H20N2O4S/c14-6-3-9(11(16)17)13-10(15)7-18-8-1-4-12-5-2-8/h8-9,12,14H,1-7H2,(H,13,15)(H,16,17)/t9-/m0/s1. The van der Waals surface area contributed by atoms with Crippen LogP contribution in [0.5, 0.6) is 0 Å². The second-order valence-corrected chi connectivity index (χ2v) is 5.52. The molecule has 7 heteroatoms. The van der Waals surface area contributed by atoms with Crippen LogP contribution in [-0.4, -0.2) is 58.8 Å². The second kappa shape index (κ2) is 8.34. The zero-order chi connectivity index (χ0) is 13.4. The van der Waals surface area contributed by atoms with Gasteiger partial charge >= 0.3 is 5.97 Å². The summed E-state index contributed by atoms with van der Waals surface area (Å²) in [4.78, 5) is 22.4. The first-order valence-corrected chi connectivity index (χ1v) is 7.13. The van der Waals surface area contributed by atoms with Crippen molar-refractivity contribution in [3.8, 4) is 0 Å². The van der Waals surface area contributed by atoms with Crippen molar-refractivity contribution in [2.45, 2.75) is 30.6 Å². The molecule has 1 aliphatic rings. The number of aliphatic hydroxyl groups excluding tert-OH is 1. The van der Waals surface area contributed by atoms with E-state index in [9.17, 15) is 9.59 Å². The van der Waals surface area contributed by atoms with E-state index in [1.807, 2.05) is 0 Å². The van der Waals surface area contributed by atoms with E-state index in [0.717, 1.165) is 25.9 Å². The third-order valence-electron chi connectivity index (χ3n) is 2.79. The lowest BCUT2D eigenvalue weighted by Crippen LogP contribution is -2.42. The number of hydrogen-bond donors (Lipinski definition) is 4. The number of aliphatic carboxylic acids is 1. The molecule has 0 unspecified atom stereocenters. The Hall–Kier alpha value is -0.790. The van der Waals surface area contributed by atoms with Crippen LogP contribution in [0.25, 0.3) is 0 Å². The van der Waals surface area contributed by atoms with E-state index in [2.05, 4.69) is 10.6 Å². The number of thioether (sulfide) groups is 1. The van der Waals surface area contributed by atoms with Crippen molar-refractivity contribution in [1.82, 2.24) is 10.6 Å². The minimum atomic E-state index is -1.11. The van der Waals surface area contributed by atoms with Crippen LogP contribution >= 0.6 is 11.8 Å². The molecular formula is C11H20N2O4S. The van der Waals surface area contributed by atoms with Gasteiger partial charge in [-0.15, -0.1) is 11.8 Å². The number of carbonyl (C=O) groups excluding carboxylic acids is 1. The number of piperidine rings is 1. The lowest BCUT2D eigenvalue weighted by Gasteiger charge is -2.22. The van der Waals surface area contributed by atoms with Crippen molar-refractivity contribution in [1.29, 1.82) is 0 Å². The predicted octanol–water partition coefficient (Wildman–Crippen LogP) is -0.577. The number of carboxylic acids is 1. The molecule has 0 aromatic heterocycles. The maximum atomic E-state index is 11.6. The number of amides is 1. The molecule has 6 nitrogen and oxygen atoms in total. The van der Waals surface area contributed by atoms with Gasteiger partial charge in [0, 0.05) is 18.3 Å². The minimum Gasteiger partial charge on any atom is -0.480 e. The second-order valence-electron chi connectivity index (χ2n) is 4.23. The average Bonchev–Trinajstić information content (AvgIpc) is 2.37. The summed E-state index contributed by atoms with van der Waals surface area (Å²) in [7, 11) is 0. The fourth-order valence-electron chi connectivity index (χ4n) is 1.78. The molecule has 1 rings (SSSR count). The number of carbonyl (C=O) groups is 2. The van der Waals surface area contributed by atoms with Crippen LogP contribution in [0, 0.1) is 0 Å². The Labute approximate surface area is 111 Å². The maximum Gasteiger partial charge on any atom is 0.326 e. The highest BCUT2D eigenvalue weighted by Crippen LogP contribution is 2.19. The van der Waals surface area contributed by atoms with Gasteiger partial charge in [-0.1, -0.05) is 0 Å². The fraction of sp³-hybridized carbons (Fsp3) is 0.818. The van der Waals surface area contributed by atoms with Gasteiger partial charge in [-0.25, -0.2) is 4.79 Å². The first-order chi connectivity index (χ1) is 8.63. The Bertz CT molecular complexity index is 282. The van der Waals surface area contributed by atoms with Crippen LogP contribution in [0.15, 0.2) is 0 Å². The molecule has 0 spiro atoms. The molecule has 1 atom stereocenters. The summed E-state index contributed by atoms with van der Waals surface area (Å²) in [6.45, 7) is 1.70. The predicted molar refractivity (Wildman–Crippen MR) is 69.6 cm³/mol. The van der Waals surface area contributed by atoms with Crippen LogP contribution < -0.4 is 10.6 Å². The van der Waals surface area contributed by atoms with Gasteiger partial charge in [0.15, 0.2) is 0 Å². The Balaban J connectivity index is 2.24. The first-order valence-electron chi connectivity index (χ1n) is 6.09. The van der Waals surface area contributed by atoms with Crippen LogP contribution in [0.3, 0.4) is 0 Å². The lowest BCUT2D eigenvalue weighted by molar-refractivity contribution is -0.141. The van der Waals surface area contributed by atoms with Gasteiger partial charge in [0.05, 0.1) is 5.75 Å². The van der Waals surface area contributed by atoms with E-state index in [-0.39, 0.29) is 24.7 Å². The normalized spacial score (nSPS) is 18.3. The van der Waals surface area contributed by atoms with Gasteiger partial charge in [-0.3, -0.25) is 4.79 Å². The zero-order valence-electron chi connectivity index (χ0n) is 10.2. The monoisotopic (exact) mass is 276 g/mol. The summed E-state index contributed by atoms with van der Waals surface area (Å²) < 4.78 is 0. The number of rotatable bonds is 7. The Morgan fingerprint density at radius 1 is 1.39 bits per heavy atom. The molecule has 0 aliphatic carbocycles. The summed E-state index contributed by atoms with van der Waals surface area (Å²) in [6.07, 6.45) is 2.12. The van der Waals surface area contributed by atoms with Crippen LogP contribution in [0.2, 0.25) is 0 Å². The van der Waals surface area contributed by atoms with Crippen molar-refractivity contribution in [2.75, 3.05) is 25.4 Å². The van der Waals surface area contributed by atoms with Gasteiger partial charge in [-0.05, 0) is 25.9 Å².